The molecule has 1 aromatic heterocycles. The summed E-state index contributed by atoms with van der Waals surface area (Å²) in [5.41, 5.74) is 1.27. The van der Waals surface area contributed by atoms with Gasteiger partial charge >= 0.3 is 0 Å². The van der Waals surface area contributed by atoms with Gasteiger partial charge in [0.15, 0.2) is 0 Å². The van der Waals surface area contributed by atoms with Crippen molar-refractivity contribution in [2.75, 3.05) is 18.5 Å². The average molecular weight is 207 g/mol. The summed E-state index contributed by atoms with van der Waals surface area (Å²) in [6, 6.07) is 1.74. The molecule has 5 nitrogen and oxygen atoms in total. The largest absolute Gasteiger partial charge is 0.356 e. The quantitative estimate of drug-likeness (QED) is 0.718. The first kappa shape index (κ1) is 9.92. The van der Waals surface area contributed by atoms with E-state index in [4.69, 9.17) is 0 Å². The van der Waals surface area contributed by atoms with E-state index in [1.54, 1.807) is 24.2 Å². The molecule has 0 aliphatic carbocycles. The van der Waals surface area contributed by atoms with Gasteiger partial charge in [-0.25, -0.2) is 0 Å². The number of aliphatic hydroxyl groups is 1. The number of amides is 1. The minimum Gasteiger partial charge on any atom is -0.356 e. The van der Waals surface area contributed by atoms with E-state index in [9.17, 15) is 9.90 Å². The van der Waals surface area contributed by atoms with E-state index in [-0.39, 0.29) is 5.91 Å². The molecule has 2 heterocycles. The lowest BCUT2D eigenvalue weighted by Crippen LogP contribution is -2.53. The normalized spacial score (nSPS) is 20.5. The Labute approximate surface area is 87.9 Å². The molecule has 5 heteroatoms. The molecule has 1 atom stereocenters. The Kier molecular flexibility index (Phi) is 2.32. The Morgan fingerprint density at radius 2 is 2.33 bits per heavy atom. The highest BCUT2D eigenvalue weighted by atomic mass is 16.3. The number of nitrogens with zero attached hydrogens (tertiary/aromatic N) is 3. The van der Waals surface area contributed by atoms with Gasteiger partial charge in [-0.1, -0.05) is 0 Å². The van der Waals surface area contributed by atoms with Crippen LogP contribution in [0.15, 0.2) is 18.5 Å². The predicted octanol–water partition coefficient (Wildman–Crippen LogP) is 0.269. The van der Waals surface area contributed by atoms with Crippen molar-refractivity contribution in [3.8, 4) is 0 Å². The fourth-order valence-corrected chi connectivity index (χ4v) is 1.76. The molecule has 2 rings (SSSR count). The fraction of sp³-hybridized carbons (Fsp3) is 0.400. The maximum Gasteiger partial charge on any atom is 0.260 e. The van der Waals surface area contributed by atoms with Gasteiger partial charge in [-0.3, -0.25) is 14.7 Å². The number of rotatable bonds is 1. The number of hydrogen-bond donors (Lipinski definition) is 1. The van der Waals surface area contributed by atoms with Gasteiger partial charge in [-0.05, 0) is 13.0 Å². The number of pyridine rings is 1. The molecule has 0 bridgehead atoms. The smallest absolute Gasteiger partial charge is 0.260 e. The Morgan fingerprint density at radius 1 is 1.60 bits per heavy atom. The van der Waals surface area contributed by atoms with Crippen LogP contribution in [0.3, 0.4) is 0 Å². The summed E-state index contributed by atoms with van der Waals surface area (Å²) in [5.74, 6) is -0.199. The van der Waals surface area contributed by atoms with E-state index < -0.39 is 6.35 Å². The second-order valence-corrected chi connectivity index (χ2v) is 3.44. The molecule has 15 heavy (non-hydrogen) atoms. The standard InChI is InChI=1S/C10H13N3O2/c1-3-13-8-4-5-11-6-7(8)9(14)12(2)10(13)15/h4-6,10,15H,3H2,1-2H3. The molecule has 1 aliphatic rings. The van der Waals surface area contributed by atoms with Crippen molar-refractivity contribution in [1.82, 2.24) is 9.88 Å². The van der Waals surface area contributed by atoms with Gasteiger partial charge in [-0.15, -0.1) is 0 Å². The third kappa shape index (κ3) is 1.35. The van der Waals surface area contributed by atoms with Crippen LogP contribution in [0.4, 0.5) is 5.69 Å². The number of carbonyl (C=O) groups is 1. The summed E-state index contributed by atoms with van der Waals surface area (Å²) in [6.45, 7) is 2.56. The monoisotopic (exact) mass is 207 g/mol. The molecule has 0 fully saturated rings. The second kappa shape index (κ2) is 3.51. The second-order valence-electron chi connectivity index (χ2n) is 3.44. The van der Waals surface area contributed by atoms with Gasteiger partial charge < -0.3 is 10.0 Å². The van der Waals surface area contributed by atoms with Crippen LogP contribution in [-0.2, 0) is 0 Å². The van der Waals surface area contributed by atoms with Crippen molar-refractivity contribution in [2.24, 2.45) is 0 Å². The van der Waals surface area contributed by atoms with Crippen molar-refractivity contribution < 1.29 is 9.90 Å². The Bertz CT molecular complexity index is 394. The molecule has 1 amide bonds. The van der Waals surface area contributed by atoms with E-state index >= 15 is 0 Å². The molecule has 0 saturated carbocycles. The van der Waals surface area contributed by atoms with Crippen LogP contribution in [0, 0.1) is 0 Å². The Balaban J connectivity index is 2.55. The van der Waals surface area contributed by atoms with Crippen molar-refractivity contribution in [2.45, 2.75) is 13.3 Å². The lowest BCUT2D eigenvalue weighted by atomic mass is 10.1. The minimum atomic E-state index is -0.891. The summed E-state index contributed by atoms with van der Waals surface area (Å²) >= 11 is 0. The maximum atomic E-state index is 11.8. The maximum absolute atomic E-state index is 11.8. The molecule has 0 saturated heterocycles. The number of hydrogen-bond acceptors (Lipinski definition) is 4. The fourth-order valence-electron chi connectivity index (χ4n) is 1.76. The number of fused-ring (bicyclic) bond motifs is 1. The highest BCUT2D eigenvalue weighted by Crippen LogP contribution is 2.27. The predicted molar refractivity (Wildman–Crippen MR) is 55.4 cm³/mol. The van der Waals surface area contributed by atoms with Crippen molar-refractivity contribution in [3.05, 3.63) is 24.0 Å². The van der Waals surface area contributed by atoms with Gasteiger partial charge in [0.1, 0.15) is 0 Å². The summed E-state index contributed by atoms with van der Waals surface area (Å²) < 4.78 is 0. The number of anilines is 1. The third-order valence-corrected chi connectivity index (χ3v) is 2.62. The lowest BCUT2D eigenvalue weighted by molar-refractivity contribution is 0.0143. The lowest BCUT2D eigenvalue weighted by Gasteiger charge is -2.39. The van der Waals surface area contributed by atoms with Gasteiger partial charge in [0.2, 0.25) is 6.35 Å². The van der Waals surface area contributed by atoms with Gasteiger partial charge in [0.25, 0.3) is 5.91 Å². The highest BCUT2D eigenvalue weighted by Gasteiger charge is 2.33. The van der Waals surface area contributed by atoms with Crippen LogP contribution in [-0.4, -0.2) is 40.8 Å². The summed E-state index contributed by atoms with van der Waals surface area (Å²) in [5, 5.41) is 9.87. The van der Waals surface area contributed by atoms with Crippen LogP contribution in [0.2, 0.25) is 0 Å². The SMILES string of the molecule is CCN1c2ccncc2C(=O)N(C)C1O. The zero-order chi connectivity index (χ0) is 11.0. The van der Waals surface area contributed by atoms with Crippen LogP contribution in [0.5, 0.6) is 0 Å². The number of carbonyl (C=O) groups excluding carboxylic acids is 1. The van der Waals surface area contributed by atoms with Gasteiger partial charge in [0.05, 0.1) is 11.3 Å². The van der Waals surface area contributed by atoms with Gasteiger partial charge in [0, 0.05) is 26.0 Å². The average Bonchev–Trinajstić information content (AvgIpc) is 2.27. The summed E-state index contributed by atoms with van der Waals surface area (Å²) in [7, 11) is 1.58. The molecular formula is C10H13N3O2. The third-order valence-electron chi connectivity index (χ3n) is 2.62. The van der Waals surface area contributed by atoms with E-state index in [1.807, 2.05) is 6.92 Å². The first-order valence-corrected chi connectivity index (χ1v) is 4.82. The van der Waals surface area contributed by atoms with Crippen molar-refractivity contribution in [1.29, 1.82) is 0 Å². The molecule has 1 aliphatic heterocycles. The molecule has 0 spiro atoms. The molecule has 1 unspecified atom stereocenters. The van der Waals surface area contributed by atoms with Crippen LogP contribution >= 0.6 is 0 Å². The molecule has 1 aromatic rings. The molecule has 1 N–H and O–H groups in total. The van der Waals surface area contributed by atoms with E-state index in [0.717, 1.165) is 5.69 Å². The molecule has 0 radical (unpaired) electrons. The van der Waals surface area contributed by atoms with E-state index in [2.05, 4.69) is 4.98 Å². The van der Waals surface area contributed by atoms with Crippen molar-refractivity contribution >= 4 is 11.6 Å². The molecule has 80 valence electrons. The van der Waals surface area contributed by atoms with Gasteiger partial charge in [-0.2, -0.15) is 0 Å². The summed E-state index contributed by atoms with van der Waals surface area (Å²) in [6.07, 6.45) is 2.26. The first-order valence-electron chi connectivity index (χ1n) is 4.82. The Morgan fingerprint density at radius 3 is 3.00 bits per heavy atom. The minimum absolute atomic E-state index is 0.199. The molecule has 0 aromatic carbocycles. The highest BCUT2D eigenvalue weighted by molar-refractivity contribution is 6.01. The Hall–Kier alpha value is -1.62. The van der Waals surface area contributed by atoms with E-state index in [1.165, 1.54) is 11.1 Å². The number of aliphatic hydroxyl groups excluding tert-OH is 1. The summed E-state index contributed by atoms with van der Waals surface area (Å²) in [4.78, 5) is 18.8. The zero-order valence-corrected chi connectivity index (χ0v) is 8.71. The zero-order valence-electron chi connectivity index (χ0n) is 8.71. The first-order chi connectivity index (χ1) is 7.16. The van der Waals surface area contributed by atoms with Crippen LogP contribution in [0.1, 0.15) is 17.3 Å². The van der Waals surface area contributed by atoms with E-state index in [0.29, 0.717) is 12.1 Å². The van der Waals surface area contributed by atoms with Crippen molar-refractivity contribution in [3.63, 3.8) is 0 Å². The topological polar surface area (TPSA) is 56.7 Å². The molecular weight excluding hydrogens is 194 g/mol. The van der Waals surface area contributed by atoms with Crippen LogP contribution < -0.4 is 4.90 Å². The van der Waals surface area contributed by atoms with Crippen LogP contribution in [0.25, 0.3) is 0 Å². The number of aromatic nitrogens is 1.